The van der Waals surface area contributed by atoms with Crippen LogP contribution in [0.25, 0.3) is 0 Å². The molecule has 7 nitrogen and oxygen atoms in total. The fraction of sp³-hybridized carbons (Fsp3) is 0.400. The van der Waals surface area contributed by atoms with E-state index in [1.807, 2.05) is 6.07 Å². The first-order valence-corrected chi connectivity index (χ1v) is 6.67. The molecule has 0 aliphatic carbocycles. The molecule has 1 amide bonds. The number of benzene rings is 1. The third-order valence-corrected chi connectivity index (χ3v) is 2.50. The van der Waals surface area contributed by atoms with Crippen LogP contribution in [0.15, 0.2) is 24.3 Å². The molecule has 0 aromatic heterocycles. The summed E-state index contributed by atoms with van der Waals surface area (Å²) in [5.41, 5.74) is 0.366. The molecule has 0 fully saturated rings. The van der Waals surface area contributed by atoms with E-state index in [0.717, 1.165) is 0 Å². The maximum Gasteiger partial charge on any atom is 0.407 e. The number of nitrogens with zero attached hydrogens (tertiary/aromatic N) is 1. The van der Waals surface area contributed by atoms with Crippen molar-refractivity contribution in [1.29, 1.82) is 5.26 Å². The smallest absolute Gasteiger partial charge is 0.407 e. The molecule has 1 unspecified atom stereocenters. The molecular formula is C15H19N3O4. The highest BCUT2D eigenvalue weighted by Crippen LogP contribution is 2.10. The number of hydrogen-bond donors (Lipinski definition) is 3. The highest BCUT2D eigenvalue weighted by atomic mass is 16.6. The van der Waals surface area contributed by atoms with Crippen LogP contribution >= 0.6 is 0 Å². The Labute approximate surface area is 128 Å². The summed E-state index contributed by atoms with van der Waals surface area (Å²) >= 11 is 0. The number of anilines is 1. The van der Waals surface area contributed by atoms with Crippen molar-refractivity contribution in [3.63, 3.8) is 0 Å². The third kappa shape index (κ3) is 6.13. The number of carbonyl (C=O) groups is 2. The average molecular weight is 305 g/mol. The average Bonchev–Trinajstić information content (AvgIpc) is 2.41. The second-order valence-electron chi connectivity index (χ2n) is 5.61. The lowest BCUT2D eigenvalue weighted by atomic mass is 10.2. The lowest BCUT2D eigenvalue weighted by Gasteiger charge is -2.21. The normalized spacial score (nSPS) is 11.9. The van der Waals surface area contributed by atoms with Gasteiger partial charge in [0.1, 0.15) is 11.6 Å². The Bertz CT molecular complexity index is 570. The lowest BCUT2D eigenvalue weighted by molar-refractivity contribution is -0.137. The second kappa shape index (κ2) is 7.31. The van der Waals surface area contributed by atoms with Gasteiger partial charge >= 0.3 is 12.1 Å². The van der Waals surface area contributed by atoms with Crippen LogP contribution in [-0.4, -0.2) is 35.4 Å². The molecule has 1 rings (SSSR count). The molecule has 1 aromatic carbocycles. The van der Waals surface area contributed by atoms with E-state index in [1.165, 1.54) is 0 Å². The van der Waals surface area contributed by atoms with E-state index in [9.17, 15) is 14.7 Å². The van der Waals surface area contributed by atoms with E-state index < -0.39 is 23.7 Å². The minimum atomic E-state index is -1.11. The van der Waals surface area contributed by atoms with Gasteiger partial charge in [0.2, 0.25) is 0 Å². The Morgan fingerprint density at radius 2 is 1.91 bits per heavy atom. The number of alkyl carbamates (subject to hydrolysis) is 1. The molecule has 0 spiro atoms. The zero-order valence-electron chi connectivity index (χ0n) is 12.7. The minimum Gasteiger partial charge on any atom is -0.480 e. The minimum absolute atomic E-state index is 0.135. The van der Waals surface area contributed by atoms with Crippen molar-refractivity contribution in [2.24, 2.45) is 0 Å². The van der Waals surface area contributed by atoms with Crippen molar-refractivity contribution in [2.45, 2.75) is 32.4 Å². The summed E-state index contributed by atoms with van der Waals surface area (Å²) in [6, 6.07) is 7.30. The summed E-state index contributed by atoms with van der Waals surface area (Å²) < 4.78 is 5.04. The second-order valence-corrected chi connectivity index (χ2v) is 5.61. The number of amides is 1. The van der Waals surface area contributed by atoms with Gasteiger partial charge in [-0.15, -0.1) is 0 Å². The lowest BCUT2D eigenvalue weighted by Crippen LogP contribution is -2.43. The van der Waals surface area contributed by atoms with Gasteiger partial charge < -0.3 is 20.5 Å². The van der Waals surface area contributed by atoms with Crippen LogP contribution in [0.2, 0.25) is 0 Å². The molecule has 3 N–H and O–H groups in total. The standard InChI is InChI=1S/C15H19N3O4/c1-15(2,3)22-14(21)17-9-12(13(19)20)18-11-6-4-10(8-16)5-7-11/h4-7,12,18H,9H2,1-3H3,(H,17,21)(H,19,20). The molecule has 0 heterocycles. The van der Waals surface area contributed by atoms with E-state index in [1.54, 1.807) is 45.0 Å². The van der Waals surface area contributed by atoms with Crippen LogP contribution in [0.5, 0.6) is 0 Å². The van der Waals surface area contributed by atoms with Gasteiger partial charge in [-0.25, -0.2) is 9.59 Å². The molecule has 22 heavy (non-hydrogen) atoms. The number of ether oxygens (including phenoxy) is 1. The van der Waals surface area contributed by atoms with Gasteiger partial charge in [-0.2, -0.15) is 5.26 Å². The number of hydrogen-bond acceptors (Lipinski definition) is 5. The van der Waals surface area contributed by atoms with Crippen molar-refractivity contribution >= 4 is 17.7 Å². The Morgan fingerprint density at radius 3 is 2.36 bits per heavy atom. The molecule has 118 valence electrons. The fourth-order valence-electron chi connectivity index (χ4n) is 1.54. The largest absolute Gasteiger partial charge is 0.480 e. The number of rotatable bonds is 5. The van der Waals surface area contributed by atoms with Gasteiger partial charge in [0.15, 0.2) is 0 Å². The van der Waals surface area contributed by atoms with E-state index in [4.69, 9.17) is 10.00 Å². The van der Waals surface area contributed by atoms with Crippen molar-refractivity contribution in [2.75, 3.05) is 11.9 Å². The monoisotopic (exact) mass is 305 g/mol. The fourth-order valence-corrected chi connectivity index (χ4v) is 1.54. The summed E-state index contributed by atoms with van der Waals surface area (Å²) in [6.07, 6.45) is -0.680. The molecule has 0 saturated carbocycles. The van der Waals surface area contributed by atoms with Crippen LogP contribution in [0, 0.1) is 11.3 Å². The molecule has 7 heteroatoms. The summed E-state index contributed by atoms with van der Waals surface area (Å²) in [5, 5.41) is 23.1. The Hall–Kier alpha value is -2.75. The Kier molecular flexibility index (Phi) is 5.75. The van der Waals surface area contributed by atoms with Crippen LogP contribution < -0.4 is 10.6 Å². The van der Waals surface area contributed by atoms with Gasteiger partial charge in [-0.1, -0.05) is 0 Å². The van der Waals surface area contributed by atoms with Gasteiger partial charge in [0, 0.05) is 5.69 Å². The highest BCUT2D eigenvalue weighted by molar-refractivity contribution is 5.79. The molecule has 0 aliphatic heterocycles. The van der Waals surface area contributed by atoms with E-state index in [2.05, 4.69) is 10.6 Å². The summed E-state index contributed by atoms with van der Waals surface area (Å²) in [5.74, 6) is -1.11. The van der Waals surface area contributed by atoms with Gasteiger partial charge in [0.05, 0.1) is 18.2 Å². The molecule has 0 aliphatic rings. The number of nitrogens with one attached hydrogen (secondary N) is 2. The zero-order chi connectivity index (χ0) is 16.8. The van der Waals surface area contributed by atoms with Crippen LogP contribution in [-0.2, 0) is 9.53 Å². The quantitative estimate of drug-likeness (QED) is 0.766. The first kappa shape index (κ1) is 17.3. The summed E-state index contributed by atoms with van der Waals surface area (Å²) in [7, 11) is 0. The number of carboxylic acid groups (broad SMARTS) is 1. The maximum absolute atomic E-state index is 11.5. The number of nitriles is 1. The molecule has 0 bridgehead atoms. The molecule has 0 radical (unpaired) electrons. The Morgan fingerprint density at radius 1 is 1.32 bits per heavy atom. The first-order valence-electron chi connectivity index (χ1n) is 6.67. The SMILES string of the molecule is CC(C)(C)OC(=O)NCC(Nc1ccc(C#N)cc1)C(=O)O. The first-order chi connectivity index (χ1) is 10.2. The highest BCUT2D eigenvalue weighted by Gasteiger charge is 2.21. The summed E-state index contributed by atoms with van der Waals surface area (Å²) in [6.45, 7) is 5.02. The van der Waals surface area contributed by atoms with Gasteiger partial charge in [-0.05, 0) is 45.0 Å². The van der Waals surface area contributed by atoms with Gasteiger partial charge in [-0.3, -0.25) is 0 Å². The Balaban J connectivity index is 2.60. The third-order valence-electron chi connectivity index (χ3n) is 2.50. The number of carboxylic acids is 1. The number of aliphatic carboxylic acids is 1. The van der Waals surface area contributed by atoms with Crippen LogP contribution in [0.1, 0.15) is 26.3 Å². The predicted molar refractivity (Wildman–Crippen MR) is 80.4 cm³/mol. The van der Waals surface area contributed by atoms with E-state index in [0.29, 0.717) is 11.3 Å². The van der Waals surface area contributed by atoms with Gasteiger partial charge in [0.25, 0.3) is 0 Å². The maximum atomic E-state index is 11.5. The van der Waals surface area contributed by atoms with E-state index in [-0.39, 0.29) is 6.54 Å². The predicted octanol–water partition coefficient (Wildman–Crippen LogP) is 1.95. The molecule has 1 atom stereocenters. The molecular weight excluding hydrogens is 286 g/mol. The van der Waals surface area contributed by atoms with Crippen molar-refractivity contribution < 1.29 is 19.4 Å². The zero-order valence-corrected chi connectivity index (χ0v) is 12.7. The molecule has 0 saturated heterocycles. The number of carbonyl (C=O) groups excluding carboxylic acids is 1. The van der Waals surface area contributed by atoms with Crippen molar-refractivity contribution in [3.8, 4) is 6.07 Å². The molecule has 1 aromatic rings. The van der Waals surface area contributed by atoms with Crippen LogP contribution in [0.4, 0.5) is 10.5 Å². The van der Waals surface area contributed by atoms with Crippen molar-refractivity contribution in [1.82, 2.24) is 5.32 Å². The van der Waals surface area contributed by atoms with E-state index >= 15 is 0 Å². The van der Waals surface area contributed by atoms with Crippen molar-refractivity contribution in [3.05, 3.63) is 29.8 Å². The summed E-state index contributed by atoms with van der Waals surface area (Å²) in [4.78, 5) is 22.7. The van der Waals surface area contributed by atoms with Crippen LogP contribution in [0.3, 0.4) is 0 Å². The topological polar surface area (TPSA) is 111 Å².